The van der Waals surface area contributed by atoms with Gasteiger partial charge in [0.25, 0.3) is 0 Å². The minimum Gasteiger partial charge on any atom is -0.481 e. The molecule has 0 radical (unpaired) electrons. The number of thiazole rings is 1. The second kappa shape index (κ2) is 11.6. The fourth-order valence-electron chi connectivity index (χ4n) is 5.55. The number of hydrogen-bond donors (Lipinski definition) is 2. The summed E-state index contributed by atoms with van der Waals surface area (Å²) < 4.78 is 0.999. The molecule has 3 aromatic carbocycles. The highest BCUT2D eigenvalue weighted by Gasteiger charge is 2.51. The van der Waals surface area contributed by atoms with Crippen molar-refractivity contribution in [3.8, 4) is 0 Å². The summed E-state index contributed by atoms with van der Waals surface area (Å²) in [4.78, 5) is 31.6. The Kier molecular flexibility index (Phi) is 8.50. The Labute approximate surface area is 228 Å². The number of aryl methyl sites for hydroxylation is 2. The largest absolute Gasteiger partial charge is 0.481 e. The summed E-state index contributed by atoms with van der Waals surface area (Å²) in [5, 5.41) is 10.9. The number of carboxylic acids is 1. The maximum Gasteiger partial charge on any atom is 0.311 e. The molecule has 4 nitrogen and oxygen atoms in total. The van der Waals surface area contributed by atoms with E-state index in [1.807, 2.05) is 60.7 Å². The second-order valence-electron chi connectivity index (χ2n) is 9.51. The Morgan fingerprint density at radius 3 is 1.86 bits per heavy atom. The van der Waals surface area contributed by atoms with Crippen molar-refractivity contribution in [1.29, 1.82) is 0 Å². The fraction of sp³-hybridized carbons (Fsp3) is 0.323. The number of aliphatic carboxylic acids is 1. The van der Waals surface area contributed by atoms with Gasteiger partial charge in [0.15, 0.2) is 5.12 Å². The van der Waals surface area contributed by atoms with Gasteiger partial charge in [0, 0.05) is 0 Å². The number of nitrogens with zero attached hydrogens (tertiary/aromatic N) is 1. The highest BCUT2D eigenvalue weighted by Crippen LogP contribution is 2.46. The van der Waals surface area contributed by atoms with E-state index in [-0.39, 0.29) is 12.8 Å². The lowest BCUT2D eigenvalue weighted by Gasteiger charge is -2.35. The lowest BCUT2D eigenvalue weighted by molar-refractivity contribution is -0.152. The summed E-state index contributed by atoms with van der Waals surface area (Å²) in [5.74, 6) is -2.03. The number of thiol groups is 1. The molecule has 1 atom stereocenters. The second-order valence-corrected chi connectivity index (χ2v) is 11.0. The van der Waals surface area contributed by atoms with Crippen molar-refractivity contribution in [3.05, 3.63) is 99.6 Å². The topological polar surface area (TPSA) is 67.3 Å². The van der Waals surface area contributed by atoms with Crippen molar-refractivity contribution in [2.24, 2.45) is 5.41 Å². The monoisotopic (exact) mass is 531 g/mol. The number of hydrogen-bond acceptors (Lipinski definition) is 4. The highest BCUT2D eigenvalue weighted by molar-refractivity contribution is 7.96. The molecule has 192 valence electrons. The zero-order valence-corrected chi connectivity index (χ0v) is 23.2. The third-order valence-electron chi connectivity index (χ3n) is 7.30. The van der Waals surface area contributed by atoms with E-state index < -0.39 is 22.4 Å². The van der Waals surface area contributed by atoms with E-state index in [0.717, 1.165) is 40.6 Å². The quantitative estimate of drug-likeness (QED) is 0.203. The van der Waals surface area contributed by atoms with Crippen molar-refractivity contribution < 1.29 is 14.7 Å². The fourth-order valence-corrected chi connectivity index (χ4v) is 7.28. The first-order valence-electron chi connectivity index (χ1n) is 12.8. The molecule has 0 spiro atoms. The van der Waals surface area contributed by atoms with E-state index in [9.17, 15) is 14.7 Å². The minimum absolute atomic E-state index is 0.187. The van der Waals surface area contributed by atoms with Gasteiger partial charge in [-0.05, 0) is 66.0 Å². The molecule has 0 fully saturated rings. The maximum absolute atomic E-state index is 13.3. The Morgan fingerprint density at radius 1 is 0.892 bits per heavy atom. The number of aromatic nitrogens is 1. The molecule has 0 saturated carbocycles. The molecule has 4 rings (SSSR count). The van der Waals surface area contributed by atoms with E-state index in [1.54, 1.807) is 0 Å². The van der Waals surface area contributed by atoms with Crippen LogP contribution in [0.1, 0.15) is 59.5 Å². The van der Waals surface area contributed by atoms with Gasteiger partial charge in [0.2, 0.25) is 0 Å². The normalized spacial score (nSPS) is 12.5. The molecule has 0 aliphatic carbocycles. The lowest BCUT2D eigenvalue weighted by Crippen LogP contribution is -2.44. The lowest BCUT2D eigenvalue weighted by atomic mass is 9.68. The number of carbonyl (C=O) groups is 2. The summed E-state index contributed by atoms with van der Waals surface area (Å²) in [6, 6.07) is 21.2. The molecule has 1 aromatic heterocycles. The third kappa shape index (κ3) is 5.36. The first-order valence-corrected chi connectivity index (χ1v) is 14.1. The number of benzene rings is 3. The summed E-state index contributed by atoms with van der Waals surface area (Å²) in [6.45, 7) is 6.43. The molecule has 1 heterocycles. The number of rotatable bonds is 11. The van der Waals surface area contributed by atoms with Crippen LogP contribution in [0, 0.1) is 5.41 Å². The smallest absolute Gasteiger partial charge is 0.311 e. The van der Waals surface area contributed by atoms with Crippen LogP contribution in [0.15, 0.2) is 66.7 Å². The van der Waals surface area contributed by atoms with Crippen molar-refractivity contribution in [1.82, 2.24) is 4.98 Å². The Morgan fingerprint density at radius 2 is 1.43 bits per heavy atom. The van der Waals surface area contributed by atoms with Gasteiger partial charge in [-0.3, -0.25) is 9.59 Å². The minimum atomic E-state index is -1.46. The zero-order valence-electron chi connectivity index (χ0n) is 21.5. The van der Waals surface area contributed by atoms with Crippen LogP contribution in [0.4, 0.5) is 0 Å². The molecule has 37 heavy (non-hydrogen) atoms. The summed E-state index contributed by atoms with van der Waals surface area (Å²) >= 11 is 5.73. The van der Waals surface area contributed by atoms with Crippen LogP contribution in [0.3, 0.4) is 0 Å². The molecule has 0 aliphatic rings. The van der Waals surface area contributed by atoms with E-state index >= 15 is 0 Å². The van der Waals surface area contributed by atoms with Crippen LogP contribution in [-0.2, 0) is 41.7 Å². The Balaban J connectivity index is 1.96. The van der Waals surface area contributed by atoms with E-state index in [2.05, 4.69) is 39.5 Å². The number of carboxylic acid groups (broad SMARTS) is 1. The van der Waals surface area contributed by atoms with Crippen LogP contribution in [0.25, 0.3) is 10.2 Å². The highest BCUT2D eigenvalue weighted by atomic mass is 32.1. The predicted octanol–water partition coefficient (Wildman–Crippen LogP) is 7.08. The van der Waals surface area contributed by atoms with Crippen molar-refractivity contribution in [3.63, 3.8) is 0 Å². The molecular weight excluding hydrogens is 498 g/mol. The van der Waals surface area contributed by atoms with Gasteiger partial charge in [0.05, 0.1) is 21.5 Å². The summed E-state index contributed by atoms with van der Waals surface area (Å²) in [6.07, 6.45) is 3.02. The number of fused-ring (bicyclic) bond motifs is 1. The van der Waals surface area contributed by atoms with Gasteiger partial charge in [0.1, 0.15) is 5.01 Å². The first kappa shape index (κ1) is 27.1. The maximum atomic E-state index is 13.3. The number of carbonyl (C=O) groups excluding carboxylic acids is 1. The average Bonchev–Trinajstić information content (AvgIpc) is 3.31. The first-order chi connectivity index (χ1) is 17.8. The predicted molar refractivity (Wildman–Crippen MR) is 155 cm³/mol. The molecule has 0 bridgehead atoms. The molecule has 1 N–H and O–H groups in total. The van der Waals surface area contributed by atoms with Crippen molar-refractivity contribution in [2.75, 3.05) is 0 Å². The standard InChI is InChI=1S/C31H33NO3S2/c1-4-22-17-25-27(24(6-3)23(22)5-2)32-28(37-25)26(29(33)36)31(30(34)35,18-20-13-9-7-10-14-20)19-21-15-11-8-12-16-21/h7-17,26H,4-6,18-19H2,1-3H3,(H,33,36)(H,34,35). The van der Waals surface area contributed by atoms with E-state index in [1.165, 1.54) is 28.0 Å². The van der Waals surface area contributed by atoms with E-state index in [0.29, 0.717) is 5.01 Å². The Bertz CT molecular complexity index is 1360. The third-order valence-corrected chi connectivity index (χ3v) is 8.62. The SMILES string of the molecule is CCc1cc2sc(C(C(=O)S)C(Cc3ccccc3)(Cc3ccccc3)C(=O)O)nc2c(CC)c1CC. The van der Waals surface area contributed by atoms with Crippen LogP contribution in [-0.4, -0.2) is 21.2 Å². The zero-order chi connectivity index (χ0) is 26.6. The van der Waals surface area contributed by atoms with Crippen LogP contribution in [0.5, 0.6) is 0 Å². The molecule has 4 aromatic rings. The van der Waals surface area contributed by atoms with Gasteiger partial charge in [-0.2, -0.15) is 0 Å². The average molecular weight is 532 g/mol. The molecule has 0 amide bonds. The van der Waals surface area contributed by atoms with Gasteiger partial charge >= 0.3 is 5.97 Å². The van der Waals surface area contributed by atoms with Gasteiger partial charge in [-0.1, -0.05) is 81.4 Å². The molecule has 1 unspecified atom stereocenters. The summed E-state index contributed by atoms with van der Waals surface area (Å²) in [7, 11) is 0. The van der Waals surface area contributed by atoms with Crippen molar-refractivity contribution in [2.45, 2.75) is 58.8 Å². The summed E-state index contributed by atoms with van der Waals surface area (Å²) in [5.41, 5.74) is 4.93. The van der Waals surface area contributed by atoms with E-state index in [4.69, 9.17) is 4.98 Å². The Hall–Kier alpha value is -2.96. The van der Waals surface area contributed by atoms with Crippen LogP contribution in [0.2, 0.25) is 0 Å². The molecule has 6 heteroatoms. The van der Waals surface area contributed by atoms with Crippen LogP contribution < -0.4 is 0 Å². The molecule has 0 aliphatic heterocycles. The van der Waals surface area contributed by atoms with Gasteiger partial charge in [-0.15, -0.1) is 24.0 Å². The van der Waals surface area contributed by atoms with Crippen molar-refractivity contribution >= 4 is 45.3 Å². The van der Waals surface area contributed by atoms with Crippen LogP contribution >= 0.6 is 24.0 Å². The molecular formula is C31H33NO3S2. The van der Waals surface area contributed by atoms with Gasteiger partial charge < -0.3 is 5.11 Å². The molecule has 0 saturated heterocycles. The van der Waals surface area contributed by atoms with Gasteiger partial charge in [-0.25, -0.2) is 4.98 Å².